The lowest BCUT2D eigenvalue weighted by atomic mass is 10.1. The van der Waals surface area contributed by atoms with Gasteiger partial charge >= 0.3 is 5.95 Å². The van der Waals surface area contributed by atoms with Gasteiger partial charge in [-0.2, -0.15) is 0 Å². The van der Waals surface area contributed by atoms with Gasteiger partial charge in [-0.3, -0.25) is 4.79 Å². The summed E-state index contributed by atoms with van der Waals surface area (Å²) in [5.41, 5.74) is 0.514. The van der Waals surface area contributed by atoms with Crippen LogP contribution in [0.4, 0.5) is 5.95 Å². The van der Waals surface area contributed by atoms with E-state index in [0.29, 0.717) is 11.4 Å². The van der Waals surface area contributed by atoms with Crippen molar-refractivity contribution in [3.8, 4) is 34.3 Å². The molecule has 5 rings (SSSR count). The summed E-state index contributed by atoms with van der Waals surface area (Å²) in [5, 5.41) is 48.7. The van der Waals surface area contributed by atoms with Gasteiger partial charge in [0.1, 0.15) is 30.2 Å². The topological polar surface area (TPSA) is 183 Å². The normalized spacial score (nSPS) is 11.2. The third-order valence-electron chi connectivity index (χ3n) is 5.08. The van der Waals surface area contributed by atoms with E-state index in [0.717, 1.165) is 6.07 Å². The second-order valence-electron chi connectivity index (χ2n) is 7.26. The lowest BCUT2D eigenvalue weighted by molar-refractivity contribution is -0.396. The van der Waals surface area contributed by atoms with E-state index in [1.165, 1.54) is 45.9 Å². The van der Waals surface area contributed by atoms with Crippen molar-refractivity contribution in [2.75, 3.05) is 0 Å². The largest absolute Gasteiger partial charge is 0.504 e. The second-order valence-corrected chi connectivity index (χ2v) is 7.26. The zero-order valence-corrected chi connectivity index (χ0v) is 17.1. The van der Waals surface area contributed by atoms with E-state index in [9.17, 15) is 30.2 Å². The van der Waals surface area contributed by atoms with Crippen molar-refractivity contribution in [2.24, 2.45) is 0 Å². The van der Waals surface area contributed by atoms with Gasteiger partial charge in [0.25, 0.3) is 0 Å². The smallest absolute Gasteiger partial charge is 0.434 e. The molecule has 3 N–H and O–H groups in total. The Morgan fingerprint density at radius 3 is 2.68 bits per heavy atom. The van der Waals surface area contributed by atoms with Gasteiger partial charge in [0.2, 0.25) is 11.2 Å². The van der Waals surface area contributed by atoms with Crippen molar-refractivity contribution in [1.29, 1.82) is 0 Å². The van der Waals surface area contributed by atoms with E-state index in [2.05, 4.69) is 15.3 Å². The Labute approximate surface area is 188 Å². The third kappa shape index (κ3) is 3.46. The number of benzene rings is 2. The molecule has 0 spiro atoms. The third-order valence-corrected chi connectivity index (χ3v) is 5.08. The molecule has 0 fully saturated rings. The fourth-order valence-corrected chi connectivity index (χ4v) is 3.44. The number of hydrogen-bond donors (Lipinski definition) is 3. The van der Waals surface area contributed by atoms with Gasteiger partial charge in [-0.1, -0.05) is 10.2 Å². The predicted molar refractivity (Wildman–Crippen MR) is 116 cm³/mol. The van der Waals surface area contributed by atoms with Crippen LogP contribution < -0.4 is 5.43 Å². The van der Waals surface area contributed by atoms with Crippen LogP contribution in [0.15, 0.2) is 64.2 Å². The summed E-state index contributed by atoms with van der Waals surface area (Å²) in [6.45, 7) is 0.0651. The number of nitro groups is 1. The summed E-state index contributed by atoms with van der Waals surface area (Å²) in [6.07, 6.45) is 4.30. The first-order valence-electron chi connectivity index (χ1n) is 9.71. The molecule has 0 aliphatic heterocycles. The average molecular weight is 462 g/mol. The van der Waals surface area contributed by atoms with Gasteiger partial charge in [-0.25, -0.2) is 9.25 Å². The summed E-state index contributed by atoms with van der Waals surface area (Å²) in [4.78, 5) is 26.9. The van der Waals surface area contributed by atoms with Crippen molar-refractivity contribution >= 4 is 16.9 Å². The Morgan fingerprint density at radius 2 is 1.91 bits per heavy atom. The summed E-state index contributed by atoms with van der Waals surface area (Å²) < 4.78 is 8.38. The minimum atomic E-state index is -0.708. The molecular formula is C21H14N6O7. The zero-order chi connectivity index (χ0) is 24.0. The van der Waals surface area contributed by atoms with Crippen LogP contribution in [0.1, 0.15) is 5.69 Å². The van der Waals surface area contributed by atoms with Crippen LogP contribution in [-0.2, 0) is 6.54 Å². The van der Waals surface area contributed by atoms with E-state index >= 15 is 0 Å². The zero-order valence-electron chi connectivity index (χ0n) is 17.1. The van der Waals surface area contributed by atoms with E-state index in [1.807, 2.05) is 0 Å². The highest BCUT2D eigenvalue weighted by Gasteiger charge is 2.19. The van der Waals surface area contributed by atoms with Gasteiger partial charge in [0.05, 0.1) is 17.3 Å². The fourth-order valence-electron chi connectivity index (χ4n) is 3.44. The van der Waals surface area contributed by atoms with Crippen LogP contribution in [0.3, 0.4) is 0 Å². The number of aromatic nitrogens is 5. The van der Waals surface area contributed by atoms with Gasteiger partial charge in [0, 0.05) is 5.56 Å². The first kappa shape index (κ1) is 20.7. The molecule has 0 saturated heterocycles. The highest BCUT2D eigenvalue weighted by atomic mass is 16.6. The van der Waals surface area contributed by atoms with Crippen LogP contribution in [-0.4, -0.2) is 44.8 Å². The van der Waals surface area contributed by atoms with Gasteiger partial charge < -0.3 is 29.9 Å². The molecule has 0 bridgehead atoms. The Balaban J connectivity index is 1.51. The van der Waals surface area contributed by atoms with Gasteiger partial charge in [-0.15, -0.1) is 5.10 Å². The molecule has 3 heterocycles. The standard InChI is InChI=1S/C21H14N6O7/c28-15-3-1-11(7-16(15)29)20-19(31)18(30)14-8-13(2-4-17(14)34-20)26-10-12(23-24-26)9-25-6-5-22-21(25)27(32)33/h1-8,10,28-29,31H,9H2. The monoisotopic (exact) mass is 462 g/mol. The average Bonchev–Trinajstić information content (AvgIpc) is 3.48. The maximum absolute atomic E-state index is 12.8. The van der Waals surface area contributed by atoms with Crippen molar-refractivity contribution in [1.82, 2.24) is 24.5 Å². The highest BCUT2D eigenvalue weighted by Crippen LogP contribution is 2.35. The number of rotatable bonds is 5. The maximum atomic E-state index is 12.8. The van der Waals surface area contributed by atoms with Crippen LogP contribution >= 0.6 is 0 Å². The SMILES string of the molecule is O=c1c(O)c(-c2ccc(O)c(O)c2)oc2ccc(-n3cc(Cn4ccnc4[N+](=O)[O-])nn3)cc12. The van der Waals surface area contributed by atoms with Crippen LogP contribution in [0.25, 0.3) is 28.0 Å². The molecule has 3 aromatic heterocycles. The summed E-state index contributed by atoms with van der Waals surface area (Å²) >= 11 is 0. The molecule has 170 valence electrons. The molecule has 0 amide bonds. The number of aromatic hydroxyl groups is 3. The van der Waals surface area contributed by atoms with E-state index < -0.39 is 21.9 Å². The van der Waals surface area contributed by atoms with E-state index in [1.54, 1.807) is 12.3 Å². The number of fused-ring (bicyclic) bond motifs is 1. The minimum absolute atomic E-state index is 0.0651. The van der Waals surface area contributed by atoms with Gasteiger partial charge in [-0.05, 0) is 41.3 Å². The van der Waals surface area contributed by atoms with Gasteiger partial charge in [0.15, 0.2) is 17.3 Å². The molecular weight excluding hydrogens is 448 g/mol. The Kier molecular flexibility index (Phi) is 4.71. The highest BCUT2D eigenvalue weighted by molar-refractivity contribution is 5.83. The lowest BCUT2D eigenvalue weighted by Gasteiger charge is -2.08. The number of hydrogen-bond acceptors (Lipinski definition) is 10. The Morgan fingerprint density at radius 1 is 1.09 bits per heavy atom. The molecule has 0 radical (unpaired) electrons. The molecule has 0 aliphatic rings. The molecule has 2 aromatic carbocycles. The molecule has 5 aromatic rings. The van der Waals surface area contributed by atoms with Crippen LogP contribution in [0.2, 0.25) is 0 Å². The van der Waals surface area contributed by atoms with Crippen molar-refractivity contribution in [3.63, 3.8) is 0 Å². The number of nitrogens with zero attached hydrogens (tertiary/aromatic N) is 6. The first-order valence-corrected chi connectivity index (χ1v) is 9.71. The van der Waals surface area contributed by atoms with E-state index in [4.69, 9.17) is 4.42 Å². The fraction of sp³-hybridized carbons (Fsp3) is 0.0476. The molecule has 13 heteroatoms. The summed E-state index contributed by atoms with van der Waals surface area (Å²) in [5.74, 6) is -1.94. The lowest BCUT2D eigenvalue weighted by Crippen LogP contribution is -2.04. The number of phenolic OH excluding ortho intramolecular Hbond substituents is 2. The molecule has 13 nitrogen and oxygen atoms in total. The predicted octanol–water partition coefficient (Wildman–Crippen LogP) is 2.31. The summed E-state index contributed by atoms with van der Waals surface area (Å²) in [7, 11) is 0. The van der Waals surface area contributed by atoms with Crippen LogP contribution in [0.5, 0.6) is 17.2 Å². The first-order chi connectivity index (χ1) is 16.3. The van der Waals surface area contributed by atoms with Crippen LogP contribution in [0, 0.1) is 10.1 Å². The van der Waals surface area contributed by atoms with Crippen molar-refractivity contribution < 1.29 is 24.7 Å². The Hall–Kier alpha value is -5.20. The molecule has 34 heavy (non-hydrogen) atoms. The molecule has 0 aliphatic carbocycles. The minimum Gasteiger partial charge on any atom is -0.504 e. The van der Waals surface area contributed by atoms with Crippen molar-refractivity contribution in [3.05, 3.63) is 81.0 Å². The summed E-state index contributed by atoms with van der Waals surface area (Å²) in [6, 6.07) is 8.33. The Bertz CT molecular complexity index is 1630. The molecule has 0 saturated carbocycles. The molecule has 0 atom stereocenters. The van der Waals surface area contributed by atoms with Crippen molar-refractivity contribution in [2.45, 2.75) is 6.54 Å². The number of imidazole rings is 1. The quantitative estimate of drug-likeness (QED) is 0.199. The van der Waals surface area contributed by atoms with E-state index in [-0.39, 0.29) is 40.5 Å². The second kappa shape index (κ2) is 7.74. The maximum Gasteiger partial charge on any atom is 0.434 e. The molecule has 0 unspecified atom stereocenters. The number of phenols is 2.